The van der Waals surface area contributed by atoms with Gasteiger partial charge in [-0.25, -0.2) is 9.59 Å². The SMILES string of the molecule is CC1=C[C@@H](C#N)N2C[C@@H]1N(OS(=O)(=O)ON1C(=O)N3C[C@H]1C(C)=C[C@H]3C#N)C2=O. The highest BCUT2D eigenvalue weighted by atomic mass is 32.3. The van der Waals surface area contributed by atoms with Crippen LogP contribution in [0.15, 0.2) is 23.3 Å². The van der Waals surface area contributed by atoms with Gasteiger partial charge in [-0.2, -0.15) is 29.1 Å². The second-order valence-corrected chi connectivity index (χ2v) is 8.19. The summed E-state index contributed by atoms with van der Waals surface area (Å²) in [5, 5.41) is 19.6. The monoisotopic (exact) mass is 420 g/mol. The van der Waals surface area contributed by atoms with Crippen LogP contribution < -0.4 is 0 Å². The molecular weight excluding hydrogens is 404 g/mol. The van der Waals surface area contributed by atoms with Gasteiger partial charge in [0, 0.05) is 0 Å². The first kappa shape index (κ1) is 19.2. The molecule has 0 aromatic carbocycles. The van der Waals surface area contributed by atoms with Crippen molar-refractivity contribution in [1.82, 2.24) is 19.9 Å². The number of carbonyl (C=O) groups excluding carboxylic acids is 2. The minimum Gasteiger partial charge on any atom is -0.301 e. The Morgan fingerprint density at radius 1 is 0.897 bits per heavy atom. The quantitative estimate of drug-likeness (QED) is 0.578. The highest BCUT2D eigenvalue weighted by molar-refractivity contribution is 7.81. The van der Waals surface area contributed by atoms with Crippen LogP contribution in [0.3, 0.4) is 0 Å². The predicted octanol–water partition coefficient (Wildman–Crippen LogP) is 0.0110. The molecule has 0 saturated carbocycles. The van der Waals surface area contributed by atoms with Crippen molar-refractivity contribution in [3.63, 3.8) is 0 Å². The third-order valence-electron chi connectivity index (χ3n) is 5.35. The Balaban J connectivity index is 1.53. The molecule has 4 bridgehead atoms. The second-order valence-electron chi connectivity index (χ2n) is 7.08. The molecule has 29 heavy (non-hydrogen) atoms. The molecule has 4 heterocycles. The third-order valence-corrected chi connectivity index (χ3v) is 6.03. The van der Waals surface area contributed by atoms with Gasteiger partial charge in [-0.3, -0.25) is 0 Å². The lowest BCUT2D eigenvalue weighted by atomic mass is 10.0. The zero-order valence-electron chi connectivity index (χ0n) is 15.4. The number of urea groups is 2. The summed E-state index contributed by atoms with van der Waals surface area (Å²) in [5.74, 6) is 0. The van der Waals surface area contributed by atoms with Crippen LogP contribution in [0.2, 0.25) is 0 Å². The van der Waals surface area contributed by atoms with Gasteiger partial charge in [-0.05, 0) is 37.1 Å². The normalized spacial score (nSPS) is 30.9. The number of amides is 4. The average molecular weight is 420 g/mol. The Hall–Kier alpha value is -3.13. The molecule has 0 aromatic rings. The van der Waals surface area contributed by atoms with Crippen LogP contribution in [0.1, 0.15) is 13.8 Å². The number of rotatable bonds is 4. The molecule has 4 atom stereocenters. The van der Waals surface area contributed by atoms with Crippen molar-refractivity contribution in [2.24, 2.45) is 0 Å². The number of carbonyl (C=O) groups is 2. The van der Waals surface area contributed by atoms with Gasteiger partial charge in [-0.1, -0.05) is 0 Å². The van der Waals surface area contributed by atoms with Crippen molar-refractivity contribution in [2.45, 2.75) is 38.0 Å². The molecule has 4 rings (SSSR count). The Labute approximate surface area is 166 Å². The zero-order valence-corrected chi connectivity index (χ0v) is 16.2. The molecule has 0 aliphatic carbocycles. The van der Waals surface area contributed by atoms with Crippen molar-refractivity contribution in [3.05, 3.63) is 23.3 Å². The maximum Gasteiger partial charge on any atom is 0.442 e. The lowest BCUT2D eigenvalue weighted by molar-refractivity contribution is -0.0748. The van der Waals surface area contributed by atoms with Gasteiger partial charge in [0.1, 0.15) is 24.2 Å². The summed E-state index contributed by atoms with van der Waals surface area (Å²) in [6.07, 6.45) is 3.11. The molecule has 2 saturated heterocycles. The summed E-state index contributed by atoms with van der Waals surface area (Å²) >= 11 is 0. The van der Waals surface area contributed by atoms with E-state index < -0.39 is 46.6 Å². The predicted molar refractivity (Wildman–Crippen MR) is 92.9 cm³/mol. The lowest BCUT2D eigenvalue weighted by Crippen LogP contribution is -2.42. The van der Waals surface area contributed by atoms with E-state index in [4.69, 9.17) is 8.57 Å². The number of fused-ring (bicyclic) bond motifs is 4. The van der Waals surface area contributed by atoms with Gasteiger partial charge in [0.25, 0.3) is 0 Å². The topological polar surface area (TPSA) is 147 Å². The highest BCUT2D eigenvalue weighted by Gasteiger charge is 2.50. The van der Waals surface area contributed by atoms with Crippen molar-refractivity contribution in [2.75, 3.05) is 13.1 Å². The Morgan fingerprint density at radius 3 is 1.62 bits per heavy atom. The van der Waals surface area contributed by atoms with Gasteiger partial charge in [0.05, 0.1) is 25.2 Å². The van der Waals surface area contributed by atoms with Gasteiger partial charge < -0.3 is 9.80 Å². The Kier molecular flexibility index (Phi) is 4.27. The lowest BCUT2D eigenvalue weighted by Gasteiger charge is -2.25. The molecule has 4 aliphatic rings. The fourth-order valence-corrected chi connectivity index (χ4v) is 4.57. The third kappa shape index (κ3) is 2.91. The summed E-state index contributed by atoms with van der Waals surface area (Å²) in [7, 11) is -4.85. The summed E-state index contributed by atoms with van der Waals surface area (Å²) in [5.41, 5.74) is 1.20. The summed E-state index contributed by atoms with van der Waals surface area (Å²) in [4.78, 5) is 27.3. The molecule has 152 valence electrons. The minimum atomic E-state index is -4.85. The van der Waals surface area contributed by atoms with Gasteiger partial charge in [-0.15, -0.1) is 8.57 Å². The average Bonchev–Trinajstić information content (AvgIpc) is 3.10. The molecule has 0 aromatic heterocycles. The molecule has 0 radical (unpaired) electrons. The van der Waals surface area contributed by atoms with Crippen LogP contribution >= 0.6 is 0 Å². The number of nitriles is 2. The summed E-state index contributed by atoms with van der Waals surface area (Å²) in [6, 6.07) is -0.722. The van der Waals surface area contributed by atoms with E-state index in [1.807, 2.05) is 12.1 Å². The first-order valence-corrected chi connectivity index (χ1v) is 10.00. The van der Waals surface area contributed by atoms with E-state index in [9.17, 15) is 28.5 Å². The molecular formula is C16H16N6O6S. The fourth-order valence-electron chi connectivity index (χ4n) is 3.81. The number of hydrogen-bond acceptors (Lipinski definition) is 8. The zero-order chi connectivity index (χ0) is 21.1. The molecule has 4 aliphatic heterocycles. The van der Waals surface area contributed by atoms with Gasteiger partial charge in [0.2, 0.25) is 0 Å². The van der Waals surface area contributed by atoms with E-state index in [2.05, 4.69) is 0 Å². The molecule has 12 nitrogen and oxygen atoms in total. The van der Waals surface area contributed by atoms with Crippen molar-refractivity contribution in [1.29, 1.82) is 10.5 Å². The van der Waals surface area contributed by atoms with Crippen molar-refractivity contribution < 1.29 is 26.6 Å². The van der Waals surface area contributed by atoms with Crippen LogP contribution in [0.25, 0.3) is 0 Å². The summed E-state index contributed by atoms with van der Waals surface area (Å²) < 4.78 is 34.7. The van der Waals surface area contributed by atoms with Crippen molar-refractivity contribution >= 4 is 22.5 Å². The van der Waals surface area contributed by atoms with E-state index in [0.717, 1.165) is 0 Å². The van der Waals surface area contributed by atoms with Gasteiger partial charge >= 0.3 is 22.5 Å². The Bertz CT molecular complexity index is 963. The molecule has 0 unspecified atom stereocenters. The van der Waals surface area contributed by atoms with Gasteiger partial charge in [0.15, 0.2) is 0 Å². The highest BCUT2D eigenvalue weighted by Crippen LogP contribution is 2.33. The van der Waals surface area contributed by atoms with Crippen LogP contribution in [-0.4, -0.2) is 77.7 Å². The first-order chi connectivity index (χ1) is 13.7. The number of nitrogens with zero attached hydrogens (tertiary/aromatic N) is 6. The molecule has 2 fully saturated rings. The minimum absolute atomic E-state index is 0.0969. The van der Waals surface area contributed by atoms with E-state index >= 15 is 0 Å². The van der Waals surface area contributed by atoms with Crippen LogP contribution in [0.5, 0.6) is 0 Å². The maximum atomic E-state index is 12.5. The second kappa shape index (κ2) is 6.45. The summed E-state index contributed by atoms with van der Waals surface area (Å²) in [6.45, 7) is 3.51. The largest absolute Gasteiger partial charge is 0.442 e. The standard InChI is InChI=1S/C16H16N6O6S/c1-9-3-11(5-17)19-7-13(9)21(15(19)23)27-29(25,26)28-22-14-8-20(16(22)24)12(6-18)4-10(14)2/h3-4,11-14H,7-8H2,1-2H3/t11-,12-,13-,14-/m0/s1. The van der Waals surface area contributed by atoms with Crippen molar-refractivity contribution in [3.8, 4) is 12.1 Å². The fraction of sp³-hybridized carbons (Fsp3) is 0.500. The molecule has 13 heteroatoms. The Morgan fingerprint density at radius 2 is 1.28 bits per heavy atom. The first-order valence-electron chi connectivity index (χ1n) is 8.66. The number of hydroxylamine groups is 4. The van der Waals surface area contributed by atoms with Crippen LogP contribution in [0, 0.1) is 22.7 Å². The smallest absolute Gasteiger partial charge is 0.301 e. The van der Waals surface area contributed by atoms with Crippen LogP contribution in [0.4, 0.5) is 9.59 Å². The van der Waals surface area contributed by atoms with Crippen LogP contribution in [-0.2, 0) is 19.0 Å². The van der Waals surface area contributed by atoms with E-state index in [1.165, 1.54) is 9.80 Å². The van der Waals surface area contributed by atoms with E-state index in [0.29, 0.717) is 21.3 Å². The number of hydrogen-bond donors (Lipinski definition) is 0. The van der Waals surface area contributed by atoms with E-state index in [1.54, 1.807) is 26.0 Å². The molecule has 0 spiro atoms. The molecule has 4 amide bonds. The maximum absolute atomic E-state index is 12.5. The molecule has 0 N–H and O–H groups in total. The van der Waals surface area contributed by atoms with E-state index in [-0.39, 0.29) is 13.1 Å².